The van der Waals surface area contributed by atoms with E-state index in [1.807, 2.05) is 0 Å². The molecule has 1 heterocycles. The van der Waals surface area contributed by atoms with E-state index < -0.39 is 0 Å². The fourth-order valence-corrected chi connectivity index (χ4v) is 3.21. The SMILES string of the molecule is OC(c1ccc2c(c1)CCC2)C1CCNCC1. The molecule has 2 nitrogen and oxygen atoms in total. The summed E-state index contributed by atoms with van der Waals surface area (Å²) in [5.74, 6) is 0.440. The van der Waals surface area contributed by atoms with Crippen LogP contribution in [-0.2, 0) is 12.8 Å². The van der Waals surface area contributed by atoms with Crippen LogP contribution in [0.5, 0.6) is 0 Å². The Morgan fingerprint density at radius 3 is 2.71 bits per heavy atom. The highest BCUT2D eigenvalue weighted by molar-refractivity contribution is 5.36. The normalized spacial score (nSPS) is 22.4. The van der Waals surface area contributed by atoms with Crippen LogP contribution in [0.3, 0.4) is 0 Å². The number of hydrogen-bond acceptors (Lipinski definition) is 2. The van der Waals surface area contributed by atoms with E-state index in [9.17, 15) is 5.11 Å². The Labute approximate surface area is 103 Å². The molecule has 0 bridgehead atoms. The molecule has 1 atom stereocenters. The highest BCUT2D eigenvalue weighted by atomic mass is 16.3. The van der Waals surface area contributed by atoms with Crippen molar-refractivity contribution in [2.24, 2.45) is 5.92 Å². The van der Waals surface area contributed by atoms with E-state index in [1.165, 1.54) is 30.4 Å². The molecule has 0 amide bonds. The van der Waals surface area contributed by atoms with Gasteiger partial charge in [0.05, 0.1) is 6.10 Å². The average molecular weight is 231 g/mol. The van der Waals surface area contributed by atoms with Gasteiger partial charge in [-0.15, -0.1) is 0 Å². The predicted molar refractivity (Wildman–Crippen MR) is 69.0 cm³/mol. The Kier molecular flexibility index (Phi) is 3.17. The number of piperidine rings is 1. The molecule has 1 fully saturated rings. The summed E-state index contributed by atoms with van der Waals surface area (Å²) >= 11 is 0. The van der Waals surface area contributed by atoms with Crippen molar-refractivity contribution in [1.82, 2.24) is 5.32 Å². The van der Waals surface area contributed by atoms with Crippen molar-refractivity contribution in [2.45, 2.75) is 38.2 Å². The summed E-state index contributed by atoms with van der Waals surface area (Å²) < 4.78 is 0. The topological polar surface area (TPSA) is 32.3 Å². The highest BCUT2D eigenvalue weighted by Gasteiger charge is 2.23. The first kappa shape index (κ1) is 11.2. The maximum absolute atomic E-state index is 10.4. The molecule has 0 aromatic heterocycles. The van der Waals surface area contributed by atoms with E-state index in [4.69, 9.17) is 0 Å². The number of rotatable bonds is 2. The number of fused-ring (bicyclic) bond motifs is 1. The van der Waals surface area contributed by atoms with Crippen LogP contribution in [0, 0.1) is 5.92 Å². The van der Waals surface area contributed by atoms with Crippen LogP contribution in [0.2, 0.25) is 0 Å². The lowest BCUT2D eigenvalue weighted by atomic mass is 9.87. The van der Waals surface area contributed by atoms with Crippen molar-refractivity contribution in [3.63, 3.8) is 0 Å². The van der Waals surface area contributed by atoms with Crippen molar-refractivity contribution >= 4 is 0 Å². The van der Waals surface area contributed by atoms with E-state index in [2.05, 4.69) is 23.5 Å². The van der Waals surface area contributed by atoms with Gasteiger partial charge in [-0.2, -0.15) is 0 Å². The van der Waals surface area contributed by atoms with Gasteiger partial charge in [0.2, 0.25) is 0 Å². The molecule has 1 aliphatic heterocycles. The fourth-order valence-electron chi connectivity index (χ4n) is 3.21. The highest BCUT2D eigenvalue weighted by Crippen LogP contribution is 2.31. The van der Waals surface area contributed by atoms with Crippen molar-refractivity contribution in [3.05, 3.63) is 34.9 Å². The number of aryl methyl sites for hydroxylation is 2. The Bertz CT molecular complexity index is 396. The Morgan fingerprint density at radius 1 is 1.12 bits per heavy atom. The molecule has 2 aliphatic rings. The Hall–Kier alpha value is -0.860. The van der Waals surface area contributed by atoms with Crippen molar-refractivity contribution in [1.29, 1.82) is 0 Å². The fraction of sp³-hybridized carbons (Fsp3) is 0.600. The van der Waals surface area contributed by atoms with Crippen LogP contribution < -0.4 is 5.32 Å². The van der Waals surface area contributed by atoms with Gasteiger partial charge in [-0.05, 0) is 67.8 Å². The monoisotopic (exact) mass is 231 g/mol. The van der Waals surface area contributed by atoms with Gasteiger partial charge in [0, 0.05) is 0 Å². The van der Waals surface area contributed by atoms with Crippen LogP contribution in [0.25, 0.3) is 0 Å². The van der Waals surface area contributed by atoms with Crippen LogP contribution in [0.15, 0.2) is 18.2 Å². The molecule has 0 radical (unpaired) electrons. The standard InChI is InChI=1S/C15H21NO/c17-15(12-6-8-16-9-7-12)14-5-4-11-2-1-3-13(11)10-14/h4-5,10,12,15-17H,1-3,6-9H2. The molecule has 92 valence electrons. The smallest absolute Gasteiger partial charge is 0.0819 e. The molecule has 0 spiro atoms. The second kappa shape index (κ2) is 4.79. The first-order valence-corrected chi connectivity index (χ1v) is 6.85. The van der Waals surface area contributed by atoms with E-state index in [1.54, 1.807) is 0 Å². The zero-order valence-electron chi connectivity index (χ0n) is 10.3. The van der Waals surface area contributed by atoms with Gasteiger partial charge in [0.25, 0.3) is 0 Å². The number of hydrogen-bond donors (Lipinski definition) is 2. The molecular formula is C15H21NO. The number of aliphatic hydroxyl groups excluding tert-OH is 1. The van der Waals surface area contributed by atoms with Crippen LogP contribution in [-0.4, -0.2) is 18.2 Å². The molecule has 3 rings (SSSR count). The summed E-state index contributed by atoms with van der Waals surface area (Å²) in [7, 11) is 0. The molecule has 2 N–H and O–H groups in total. The molecule has 0 saturated carbocycles. The van der Waals surface area contributed by atoms with Crippen LogP contribution in [0.4, 0.5) is 0 Å². The molecule has 1 unspecified atom stereocenters. The molecule has 1 aromatic rings. The zero-order valence-corrected chi connectivity index (χ0v) is 10.3. The van der Waals surface area contributed by atoms with Crippen molar-refractivity contribution in [2.75, 3.05) is 13.1 Å². The van der Waals surface area contributed by atoms with Crippen LogP contribution in [0.1, 0.15) is 42.1 Å². The van der Waals surface area contributed by atoms with E-state index >= 15 is 0 Å². The molecule has 17 heavy (non-hydrogen) atoms. The van der Waals surface area contributed by atoms with Crippen molar-refractivity contribution < 1.29 is 5.11 Å². The van der Waals surface area contributed by atoms with Gasteiger partial charge in [0.1, 0.15) is 0 Å². The lowest BCUT2D eigenvalue weighted by molar-refractivity contribution is 0.0889. The van der Waals surface area contributed by atoms with Gasteiger partial charge in [-0.25, -0.2) is 0 Å². The van der Waals surface area contributed by atoms with Gasteiger partial charge < -0.3 is 10.4 Å². The molecular weight excluding hydrogens is 210 g/mol. The molecule has 1 aromatic carbocycles. The minimum atomic E-state index is -0.261. The number of benzene rings is 1. The Balaban J connectivity index is 1.78. The summed E-state index contributed by atoms with van der Waals surface area (Å²) in [6.07, 6.45) is 5.63. The molecule has 2 heteroatoms. The second-order valence-electron chi connectivity index (χ2n) is 5.41. The minimum Gasteiger partial charge on any atom is -0.388 e. The maximum atomic E-state index is 10.4. The average Bonchev–Trinajstić information content (AvgIpc) is 2.86. The number of aliphatic hydroxyl groups is 1. The van der Waals surface area contributed by atoms with E-state index in [-0.39, 0.29) is 6.10 Å². The summed E-state index contributed by atoms with van der Waals surface area (Å²) in [6.45, 7) is 2.10. The first-order chi connectivity index (χ1) is 8.34. The van der Waals surface area contributed by atoms with E-state index in [0.29, 0.717) is 5.92 Å². The van der Waals surface area contributed by atoms with Gasteiger partial charge in [0.15, 0.2) is 0 Å². The van der Waals surface area contributed by atoms with E-state index in [0.717, 1.165) is 31.5 Å². The third kappa shape index (κ3) is 2.24. The summed E-state index contributed by atoms with van der Waals surface area (Å²) in [5, 5.41) is 13.8. The third-order valence-electron chi connectivity index (χ3n) is 4.29. The zero-order chi connectivity index (χ0) is 11.7. The number of nitrogens with one attached hydrogen (secondary N) is 1. The predicted octanol–water partition coefficient (Wildman–Crippen LogP) is 2.21. The van der Waals surface area contributed by atoms with Gasteiger partial charge in [-0.3, -0.25) is 0 Å². The molecule has 1 aliphatic carbocycles. The minimum absolute atomic E-state index is 0.261. The van der Waals surface area contributed by atoms with Crippen molar-refractivity contribution in [3.8, 4) is 0 Å². The quantitative estimate of drug-likeness (QED) is 0.818. The summed E-state index contributed by atoms with van der Waals surface area (Å²) in [6, 6.07) is 6.61. The lowest BCUT2D eigenvalue weighted by Crippen LogP contribution is -2.30. The lowest BCUT2D eigenvalue weighted by Gasteiger charge is -2.27. The maximum Gasteiger partial charge on any atom is 0.0819 e. The second-order valence-corrected chi connectivity index (χ2v) is 5.41. The first-order valence-electron chi connectivity index (χ1n) is 6.85. The summed E-state index contributed by atoms with van der Waals surface area (Å²) in [5.41, 5.74) is 4.10. The van der Waals surface area contributed by atoms with Crippen LogP contribution >= 0.6 is 0 Å². The van der Waals surface area contributed by atoms with Gasteiger partial charge >= 0.3 is 0 Å². The van der Waals surface area contributed by atoms with Gasteiger partial charge in [-0.1, -0.05) is 18.2 Å². The third-order valence-corrected chi connectivity index (χ3v) is 4.29. The molecule has 1 saturated heterocycles. The summed E-state index contributed by atoms with van der Waals surface area (Å²) in [4.78, 5) is 0. The largest absolute Gasteiger partial charge is 0.388 e. The Morgan fingerprint density at radius 2 is 1.88 bits per heavy atom.